The van der Waals surface area contributed by atoms with Crippen LogP contribution < -0.4 is 4.90 Å². The highest BCUT2D eigenvalue weighted by Crippen LogP contribution is 2.41. The van der Waals surface area contributed by atoms with Gasteiger partial charge >= 0.3 is 5.97 Å². The van der Waals surface area contributed by atoms with Crippen LogP contribution in [0.1, 0.15) is 35.3 Å². The van der Waals surface area contributed by atoms with Gasteiger partial charge in [0, 0.05) is 26.2 Å². The molecular formula is C20H24N4O2. The predicted molar refractivity (Wildman–Crippen MR) is 99.2 cm³/mol. The fraction of sp³-hybridized carbons (Fsp3) is 0.450. The van der Waals surface area contributed by atoms with E-state index in [1.807, 2.05) is 0 Å². The van der Waals surface area contributed by atoms with Crippen LogP contribution in [0.4, 0.5) is 5.82 Å². The molecule has 3 heterocycles. The first-order valence-electron chi connectivity index (χ1n) is 9.20. The Morgan fingerprint density at radius 2 is 1.77 bits per heavy atom. The first-order valence-corrected chi connectivity index (χ1v) is 9.20. The van der Waals surface area contributed by atoms with Gasteiger partial charge in [-0.2, -0.15) is 0 Å². The van der Waals surface area contributed by atoms with Crippen LogP contribution in [0.15, 0.2) is 42.7 Å². The smallest absolute Gasteiger partial charge is 0.356 e. The number of anilines is 1. The van der Waals surface area contributed by atoms with Crippen molar-refractivity contribution in [3.8, 4) is 0 Å². The fourth-order valence-corrected chi connectivity index (χ4v) is 4.22. The topological polar surface area (TPSA) is 69.6 Å². The average molecular weight is 352 g/mol. The lowest BCUT2D eigenvalue weighted by atomic mass is 9.78. The number of benzene rings is 1. The zero-order valence-electron chi connectivity index (χ0n) is 14.8. The Morgan fingerprint density at radius 3 is 2.42 bits per heavy atom. The molecule has 2 aromatic rings. The molecule has 0 bridgehead atoms. The van der Waals surface area contributed by atoms with Crippen LogP contribution in [-0.2, 0) is 6.54 Å². The standard InChI is InChI=1S/C20H24N4O2/c25-19(26)17-12-22-18(13-21-17)24-10-7-20(8-11-24)6-9-23(15-20)14-16-4-2-1-3-5-16/h1-5,12-13H,6-11,14-15H2,(H,25,26). The van der Waals surface area contributed by atoms with Crippen LogP contribution in [0.25, 0.3) is 0 Å². The quantitative estimate of drug-likeness (QED) is 0.912. The van der Waals surface area contributed by atoms with E-state index < -0.39 is 5.97 Å². The maximum absolute atomic E-state index is 10.9. The second-order valence-electron chi connectivity index (χ2n) is 7.50. The van der Waals surface area contributed by atoms with Gasteiger partial charge in [0.2, 0.25) is 0 Å². The van der Waals surface area contributed by atoms with E-state index in [1.165, 1.54) is 31.3 Å². The molecule has 0 unspecified atom stereocenters. The molecule has 0 radical (unpaired) electrons. The summed E-state index contributed by atoms with van der Waals surface area (Å²) in [6, 6.07) is 10.7. The molecule has 2 aliphatic heterocycles. The molecule has 0 atom stereocenters. The van der Waals surface area contributed by atoms with E-state index in [1.54, 1.807) is 6.20 Å². The van der Waals surface area contributed by atoms with Crippen molar-refractivity contribution in [2.75, 3.05) is 31.1 Å². The molecule has 1 spiro atoms. The maximum atomic E-state index is 10.9. The van der Waals surface area contributed by atoms with Crippen LogP contribution >= 0.6 is 0 Å². The summed E-state index contributed by atoms with van der Waals surface area (Å²) in [6.45, 7) is 5.29. The summed E-state index contributed by atoms with van der Waals surface area (Å²) in [5.41, 5.74) is 1.80. The fourth-order valence-electron chi connectivity index (χ4n) is 4.22. The van der Waals surface area contributed by atoms with Crippen LogP contribution in [0.3, 0.4) is 0 Å². The van der Waals surface area contributed by atoms with E-state index in [0.717, 1.165) is 38.3 Å². The van der Waals surface area contributed by atoms with E-state index in [4.69, 9.17) is 5.11 Å². The second kappa shape index (κ2) is 7.03. The summed E-state index contributed by atoms with van der Waals surface area (Å²) in [7, 11) is 0. The SMILES string of the molecule is O=C(O)c1cnc(N2CCC3(CCN(Cc4ccccc4)C3)CC2)cn1. The Labute approximate surface area is 153 Å². The van der Waals surface area contributed by atoms with Gasteiger partial charge < -0.3 is 10.0 Å². The van der Waals surface area contributed by atoms with Gasteiger partial charge in [-0.1, -0.05) is 30.3 Å². The summed E-state index contributed by atoms with van der Waals surface area (Å²) in [4.78, 5) is 24.0. The number of aromatic carboxylic acids is 1. The van der Waals surface area contributed by atoms with E-state index in [2.05, 4.69) is 50.1 Å². The minimum absolute atomic E-state index is 0.00502. The number of hydrogen-bond acceptors (Lipinski definition) is 5. The van der Waals surface area contributed by atoms with Crippen LogP contribution in [0.5, 0.6) is 0 Å². The van der Waals surface area contributed by atoms with Crippen molar-refractivity contribution in [1.29, 1.82) is 0 Å². The summed E-state index contributed by atoms with van der Waals surface area (Å²) in [5, 5.41) is 8.94. The molecule has 26 heavy (non-hydrogen) atoms. The van der Waals surface area contributed by atoms with Crippen LogP contribution in [0.2, 0.25) is 0 Å². The number of piperidine rings is 1. The normalized spacial score (nSPS) is 19.8. The highest BCUT2D eigenvalue weighted by Gasteiger charge is 2.40. The van der Waals surface area contributed by atoms with Gasteiger partial charge in [0.25, 0.3) is 0 Å². The molecule has 1 aromatic carbocycles. The zero-order chi connectivity index (χ0) is 18.0. The Bertz CT molecular complexity index is 755. The maximum Gasteiger partial charge on any atom is 0.356 e. The number of aromatic nitrogens is 2. The Balaban J connectivity index is 1.34. The molecule has 136 valence electrons. The number of hydrogen-bond donors (Lipinski definition) is 1. The number of rotatable bonds is 4. The molecule has 2 aliphatic rings. The molecule has 0 amide bonds. The zero-order valence-corrected chi connectivity index (χ0v) is 14.8. The van der Waals surface area contributed by atoms with Crippen molar-refractivity contribution in [1.82, 2.24) is 14.9 Å². The number of nitrogens with zero attached hydrogens (tertiary/aromatic N) is 4. The Kier molecular flexibility index (Phi) is 4.59. The highest BCUT2D eigenvalue weighted by atomic mass is 16.4. The van der Waals surface area contributed by atoms with Crippen LogP contribution in [0, 0.1) is 5.41 Å². The molecule has 1 aromatic heterocycles. The number of carboxylic acids is 1. The molecule has 2 fully saturated rings. The largest absolute Gasteiger partial charge is 0.476 e. The molecular weight excluding hydrogens is 328 g/mol. The van der Waals surface area contributed by atoms with E-state index in [9.17, 15) is 4.79 Å². The lowest BCUT2D eigenvalue weighted by molar-refractivity contribution is 0.0690. The summed E-state index contributed by atoms with van der Waals surface area (Å²) in [5.74, 6) is -0.255. The second-order valence-corrected chi connectivity index (χ2v) is 7.50. The monoisotopic (exact) mass is 352 g/mol. The number of carbonyl (C=O) groups is 1. The third-order valence-electron chi connectivity index (χ3n) is 5.77. The van der Waals surface area contributed by atoms with E-state index in [-0.39, 0.29) is 5.69 Å². The minimum atomic E-state index is -1.04. The Morgan fingerprint density at radius 1 is 1.04 bits per heavy atom. The molecule has 6 nitrogen and oxygen atoms in total. The van der Waals surface area contributed by atoms with Gasteiger partial charge in [-0.05, 0) is 36.8 Å². The predicted octanol–water partition coefficient (Wildman–Crippen LogP) is 2.67. The third kappa shape index (κ3) is 3.55. The third-order valence-corrected chi connectivity index (χ3v) is 5.77. The van der Waals surface area contributed by atoms with Crippen molar-refractivity contribution in [3.63, 3.8) is 0 Å². The summed E-state index contributed by atoms with van der Waals surface area (Å²) < 4.78 is 0. The summed E-state index contributed by atoms with van der Waals surface area (Å²) >= 11 is 0. The van der Waals surface area contributed by atoms with Crippen molar-refractivity contribution in [2.45, 2.75) is 25.8 Å². The first-order chi connectivity index (χ1) is 12.6. The Hall–Kier alpha value is -2.47. The van der Waals surface area contributed by atoms with Crippen LogP contribution in [-0.4, -0.2) is 52.1 Å². The van der Waals surface area contributed by atoms with Gasteiger partial charge in [-0.3, -0.25) is 4.90 Å². The summed E-state index contributed by atoms with van der Waals surface area (Å²) in [6.07, 6.45) is 6.50. The number of likely N-dealkylation sites (tertiary alicyclic amines) is 1. The molecule has 4 rings (SSSR count). The highest BCUT2D eigenvalue weighted by molar-refractivity contribution is 5.84. The van der Waals surface area contributed by atoms with Crippen molar-refractivity contribution in [3.05, 3.63) is 54.0 Å². The van der Waals surface area contributed by atoms with Gasteiger partial charge in [-0.25, -0.2) is 14.8 Å². The van der Waals surface area contributed by atoms with Crippen molar-refractivity contribution >= 4 is 11.8 Å². The van der Waals surface area contributed by atoms with Gasteiger partial charge in [0.1, 0.15) is 5.82 Å². The van der Waals surface area contributed by atoms with E-state index >= 15 is 0 Å². The average Bonchev–Trinajstić information content (AvgIpc) is 3.05. The first kappa shape index (κ1) is 17.0. The van der Waals surface area contributed by atoms with Gasteiger partial charge in [0.15, 0.2) is 5.69 Å². The van der Waals surface area contributed by atoms with Crippen molar-refractivity contribution in [2.24, 2.45) is 5.41 Å². The molecule has 0 saturated carbocycles. The molecule has 6 heteroatoms. The number of carboxylic acid groups (broad SMARTS) is 1. The lowest BCUT2D eigenvalue weighted by Crippen LogP contribution is -2.42. The van der Waals surface area contributed by atoms with Gasteiger partial charge in [-0.15, -0.1) is 0 Å². The minimum Gasteiger partial charge on any atom is -0.476 e. The lowest BCUT2D eigenvalue weighted by Gasteiger charge is -2.39. The molecule has 1 N–H and O–H groups in total. The molecule has 2 saturated heterocycles. The van der Waals surface area contributed by atoms with Crippen molar-refractivity contribution < 1.29 is 9.90 Å². The van der Waals surface area contributed by atoms with E-state index in [0.29, 0.717) is 5.41 Å². The van der Waals surface area contributed by atoms with Gasteiger partial charge in [0.05, 0.1) is 12.4 Å². The molecule has 0 aliphatic carbocycles.